The van der Waals surface area contributed by atoms with E-state index in [2.05, 4.69) is 0 Å². The van der Waals surface area contributed by atoms with Gasteiger partial charge in [0, 0.05) is 11.3 Å². The van der Waals surface area contributed by atoms with Gasteiger partial charge < -0.3 is 10.5 Å². The maximum atomic E-state index is 6.06. The van der Waals surface area contributed by atoms with Gasteiger partial charge in [-0.15, -0.1) is 0 Å². The summed E-state index contributed by atoms with van der Waals surface area (Å²) in [6, 6.07) is 10.5. The highest BCUT2D eigenvalue weighted by molar-refractivity contribution is 6.42. The molecule has 0 aliphatic heterocycles. The van der Waals surface area contributed by atoms with Crippen LogP contribution in [0, 0.1) is 0 Å². The van der Waals surface area contributed by atoms with E-state index in [1.165, 1.54) is 0 Å². The minimum absolute atomic E-state index is 0.295. The van der Waals surface area contributed by atoms with E-state index >= 15 is 0 Å². The van der Waals surface area contributed by atoms with E-state index in [1.807, 2.05) is 12.1 Å². The summed E-state index contributed by atoms with van der Waals surface area (Å²) in [5.74, 6) is 0.557. The average molecular weight is 303 g/mol. The van der Waals surface area contributed by atoms with Crippen molar-refractivity contribution in [2.24, 2.45) is 0 Å². The molecule has 2 aromatic carbocycles. The third-order valence-electron chi connectivity index (χ3n) is 2.37. The minimum atomic E-state index is 0.295. The molecule has 0 unspecified atom stereocenters. The van der Waals surface area contributed by atoms with E-state index in [-0.39, 0.29) is 0 Å². The Labute approximate surface area is 120 Å². The molecular formula is C13H10Cl3NO. The Morgan fingerprint density at radius 1 is 1.00 bits per heavy atom. The first-order chi connectivity index (χ1) is 8.58. The highest BCUT2D eigenvalue weighted by Gasteiger charge is 2.07. The number of nitrogens with two attached hydrogens (primary N) is 1. The van der Waals surface area contributed by atoms with Gasteiger partial charge in [-0.1, -0.05) is 46.9 Å². The molecular weight excluding hydrogens is 293 g/mol. The Kier molecular flexibility index (Phi) is 4.23. The number of nitrogen functional groups attached to an aromatic ring is 1. The molecule has 2 N–H and O–H groups in total. The second-order valence-electron chi connectivity index (χ2n) is 3.69. The van der Waals surface area contributed by atoms with Gasteiger partial charge in [0.15, 0.2) is 0 Å². The van der Waals surface area contributed by atoms with Crippen molar-refractivity contribution < 1.29 is 4.74 Å². The smallest absolute Gasteiger partial charge is 0.138 e. The molecule has 94 valence electrons. The van der Waals surface area contributed by atoms with Crippen LogP contribution in [0.1, 0.15) is 5.56 Å². The number of hydrogen-bond acceptors (Lipinski definition) is 2. The van der Waals surface area contributed by atoms with Crippen LogP contribution in [-0.2, 0) is 6.61 Å². The maximum Gasteiger partial charge on any atom is 0.138 e. The van der Waals surface area contributed by atoms with Crippen LogP contribution in [0.25, 0.3) is 0 Å². The van der Waals surface area contributed by atoms with Gasteiger partial charge in [-0.3, -0.25) is 0 Å². The largest absolute Gasteiger partial charge is 0.487 e. The zero-order valence-electron chi connectivity index (χ0n) is 9.29. The zero-order valence-corrected chi connectivity index (χ0v) is 11.6. The quantitative estimate of drug-likeness (QED) is 0.826. The molecule has 2 aromatic rings. The number of rotatable bonds is 3. The highest BCUT2D eigenvalue weighted by atomic mass is 35.5. The van der Waals surface area contributed by atoms with Gasteiger partial charge in [0.25, 0.3) is 0 Å². The standard InChI is InChI=1S/C13H10Cl3NO/c14-10-3-1-2-8(13(10)16)7-18-12-5-4-9(17)6-11(12)15/h1-6H,7,17H2. The van der Waals surface area contributed by atoms with Crippen LogP contribution in [0.3, 0.4) is 0 Å². The van der Waals surface area contributed by atoms with Crippen LogP contribution in [0.4, 0.5) is 5.69 Å². The molecule has 2 nitrogen and oxygen atoms in total. The molecule has 0 bridgehead atoms. The Hall–Kier alpha value is -1.09. The number of anilines is 1. The van der Waals surface area contributed by atoms with Crippen LogP contribution < -0.4 is 10.5 Å². The average Bonchev–Trinajstić information content (AvgIpc) is 2.33. The molecule has 0 aliphatic carbocycles. The lowest BCUT2D eigenvalue weighted by Gasteiger charge is -2.10. The van der Waals surface area contributed by atoms with Gasteiger partial charge in [-0.05, 0) is 24.3 Å². The monoisotopic (exact) mass is 301 g/mol. The molecule has 0 fully saturated rings. The third kappa shape index (κ3) is 3.02. The Morgan fingerprint density at radius 2 is 1.78 bits per heavy atom. The van der Waals surface area contributed by atoms with Crippen LogP contribution in [0.15, 0.2) is 36.4 Å². The number of benzene rings is 2. The fourth-order valence-corrected chi connectivity index (χ4v) is 2.07. The summed E-state index contributed by atoms with van der Waals surface area (Å²) in [6.07, 6.45) is 0. The molecule has 0 atom stereocenters. The Bertz CT molecular complexity index is 572. The summed E-state index contributed by atoms with van der Waals surface area (Å²) in [5.41, 5.74) is 6.99. The second kappa shape index (κ2) is 5.70. The Balaban J connectivity index is 2.14. The van der Waals surface area contributed by atoms with E-state index in [9.17, 15) is 0 Å². The number of halogens is 3. The van der Waals surface area contributed by atoms with Crippen molar-refractivity contribution in [2.75, 3.05) is 5.73 Å². The summed E-state index contributed by atoms with van der Waals surface area (Å²) in [5, 5.41) is 1.46. The van der Waals surface area contributed by atoms with Gasteiger partial charge >= 0.3 is 0 Å². The van der Waals surface area contributed by atoms with E-state index in [0.29, 0.717) is 33.1 Å². The lowest BCUT2D eigenvalue weighted by Crippen LogP contribution is -1.97. The van der Waals surface area contributed by atoms with Crippen LogP contribution in [0.2, 0.25) is 15.1 Å². The first-order valence-corrected chi connectivity index (χ1v) is 6.32. The molecule has 18 heavy (non-hydrogen) atoms. The highest BCUT2D eigenvalue weighted by Crippen LogP contribution is 2.30. The lowest BCUT2D eigenvalue weighted by atomic mass is 10.2. The molecule has 5 heteroatoms. The SMILES string of the molecule is Nc1ccc(OCc2cccc(Cl)c2Cl)c(Cl)c1. The molecule has 0 spiro atoms. The topological polar surface area (TPSA) is 35.2 Å². The molecule has 0 saturated heterocycles. The third-order valence-corrected chi connectivity index (χ3v) is 3.52. The van der Waals surface area contributed by atoms with Crippen molar-refractivity contribution >= 4 is 40.5 Å². The fourth-order valence-electron chi connectivity index (χ4n) is 1.45. The van der Waals surface area contributed by atoms with Crippen LogP contribution in [-0.4, -0.2) is 0 Å². The maximum absolute atomic E-state index is 6.06. The van der Waals surface area contributed by atoms with E-state index < -0.39 is 0 Å². The lowest BCUT2D eigenvalue weighted by molar-refractivity contribution is 0.306. The first kappa shape index (κ1) is 13.3. The van der Waals surface area contributed by atoms with Gasteiger partial charge in [-0.2, -0.15) is 0 Å². The summed E-state index contributed by atoms with van der Waals surface area (Å²) in [4.78, 5) is 0. The predicted molar refractivity (Wildman–Crippen MR) is 76.7 cm³/mol. The second-order valence-corrected chi connectivity index (χ2v) is 4.88. The summed E-state index contributed by atoms with van der Waals surface area (Å²) in [7, 11) is 0. The van der Waals surface area contributed by atoms with Crippen molar-refractivity contribution in [3.05, 3.63) is 57.0 Å². The number of hydrogen-bond donors (Lipinski definition) is 1. The Morgan fingerprint density at radius 3 is 2.50 bits per heavy atom. The van der Waals surface area contributed by atoms with E-state index in [4.69, 9.17) is 45.3 Å². The molecule has 0 saturated carbocycles. The van der Waals surface area contributed by atoms with Gasteiger partial charge in [-0.25, -0.2) is 0 Å². The summed E-state index contributed by atoms with van der Waals surface area (Å²) < 4.78 is 5.58. The zero-order chi connectivity index (χ0) is 13.1. The van der Waals surface area contributed by atoms with E-state index in [0.717, 1.165) is 5.56 Å². The minimum Gasteiger partial charge on any atom is -0.487 e. The number of ether oxygens (including phenoxy) is 1. The van der Waals surface area contributed by atoms with Crippen molar-refractivity contribution in [3.8, 4) is 5.75 Å². The predicted octanol–water partition coefficient (Wildman–Crippen LogP) is 4.81. The normalized spacial score (nSPS) is 10.4. The first-order valence-electron chi connectivity index (χ1n) is 5.18. The van der Waals surface area contributed by atoms with Crippen molar-refractivity contribution in [2.45, 2.75) is 6.61 Å². The fraction of sp³-hybridized carbons (Fsp3) is 0.0769. The van der Waals surface area contributed by atoms with Crippen molar-refractivity contribution in [3.63, 3.8) is 0 Å². The summed E-state index contributed by atoms with van der Waals surface area (Å²) >= 11 is 18.0. The molecule has 0 amide bonds. The van der Waals surface area contributed by atoms with Crippen LogP contribution in [0.5, 0.6) is 5.75 Å². The van der Waals surface area contributed by atoms with Gasteiger partial charge in [0.2, 0.25) is 0 Å². The van der Waals surface area contributed by atoms with Crippen molar-refractivity contribution in [1.82, 2.24) is 0 Å². The van der Waals surface area contributed by atoms with Crippen LogP contribution >= 0.6 is 34.8 Å². The van der Waals surface area contributed by atoms with Crippen molar-refractivity contribution in [1.29, 1.82) is 0 Å². The molecule has 2 rings (SSSR count). The molecule has 0 aromatic heterocycles. The van der Waals surface area contributed by atoms with E-state index in [1.54, 1.807) is 24.3 Å². The van der Waals surface area contributed by atoms with Gasteiger partial charge in [0.05, 0.1) is 15.1 Å². The molecule has 0 aliphatic rings. The van der Waals surface area contributed by atoms with Gasteiger partial charge in [0.1, 0.15) is 12.4 Å². The summed E-state index contributed by atoms with van der Waals surface area (Å²) in [6.45, 7) is 0.295. The molecule has 0 heterocycles. The molecule has 0 radical (unpaired) electrons.